The number of aliphatic hydroxyl groups excluding tert-OH is 2. The molecule has 0 aliphatic heterocycles. The maximum atomic E-state index is 13.3. The second-order valence-electron chi connectivity index (χ2n) is 6.79. The molecule has 0 unspecified atom stereocenters. The lowest BCUT2D eigenvalue weighted by Crippen LogP contribution is -2.25. The fourth-order valence-electron chi connectivity index (χ4n) is 3.76. The van der Waals surface area contributed by atoms with Crippen LogP contribution in [0.1, 0.15) is 62.9 Å². The van der Waals surface area contributed by atoms with Crippen LogP contribution in [0.5, 0.6) is 17.2 Å². The molecule has 7 nitrogen and oxygen atoms in total. The molecule has 148 valence electrons. The lowest BCUT2D eigenvalue weighted by atomic mass is 9.78. The standard InChI is InChI=1S/C21H22O7/c1-9(22)8-12-14(10(2)23)21(28-4)17-16(19(12)25)18(24)11-6-5-7-13(27-3)15(11)20(17)26/h5-7,9-10,22-23,25H,8H2,1-4H3/t9-,10+/m1/s1. The number of benzene rings is 2. The molecule has 3 N–H and O–H groups in total. The molecule has 2 aromatic carbocycles. The molecule has 28 heavy (non-hydrogen) atoms. The van der Waals surface area contributed by atoms with Crippen LogP contribution in [0.2, 0.25) is 0 Å². The average Bonchev–Trinajstić information content (AvgIpc) is 2.65. The molecule has 0 heterocycles. The van der Waals surface area contributed by atoms with E-state index in [4.69, 9.17) is 9.47 Å². The van der Waals surface area contributed by atoms with Gasteiger partial charge in [-0.3, -0.25) is 9.59 Å². The summed E-state index contributed by atoms with van der Waals surface area (Å²) < 4.78 is 10.7. The van der Waals surface area contributed by atoms with Crippen LogP contribution in [0.4, 0.5) is 0 Å². The zero-order chi connectivity index (χ0) is 20.7. The normalized spacial score (nSPS) is 14.9. The van der Waals surface area contributed by atoms with E-state index in [-0.39, 0.29) is 51.3 Å². The first-order valence-corrected chi connectivity index (χ1v) is 8.82. The molecule has 0 spiro atoms. The molecular weight excluding hydrogens is 364 g/mol. The highest BCUT2D eigenvalue weighted by molar-refractivity contribution is 6.31. The van der Waals surface area contributed by atoms with Crippen molar-refractivity contribution in [3.05, 3.63) is 51.6 Å². The smallest absolute Gasteiger partial charge is 0.202 e. The molecule has 2 aromatic rings. The number of fused-ring (bicyclic) bond motifs is 2. The number of ketones is 2. The summed E-state index contributed by atoms with van der Waals surface area (Å²) in [6, 6.07) is 4.64. The first kappa shape index (κ1) is 19.9. The molecule has 0 fully saturated rings. The number of hydrogen-bond donors (Lipinski definition) is 3. The first-order valence-electron chi connectivity index (χ1n) is 8.82. The largest absolute Gasteiger partial charge is 0.507 e. The van der Waals surface area contributed by atoms with Gasteiger partial charge in [0.2, 0.25) is 5.78 Å². The maximum Gasteiger partial charge on any atom is 0.202 e. The van der Waals surface area contributed by atoms with Gasteiger partial charge in [0.05, 0.1) is 43.1 Å². The third kappa shape index (κ3) is 2.83. The van der Waals surface area contributed by atoms with Crippen LogP contribution in [0, 0.1) is 0 Å². The summed E-state index contributed by atoms with van der Waals surface area (Å²) in [5.41, 5.74) is 0.226. The quantitative estimate of drug-likeness (QED) is 0.616. The van der Waals surface area contributed by atoms with E-state index in [9.17, 15) is 24.9 Å². The van der Waals surface area contributed by atoms with Crippen molar-refractivity contribution >= 4 is 11.6 Å². The number of carbonyl (C=O) groups is 2. The van der Waals surface area contributed by atoms with Crippen molar-refractivity contribution in [2.75, 3.05) is 14.2 Å². The van der Waals surface area contributed by atoms with E-state index in [1.54, 1.807) is 12.1 Å². The van der Waals surface area contributed by atoms with Crippen LogP contribution in [0.3, 0.4) is 0 Å². The lowest BCUT2D eigenvalue weighted by Gasteiger charge is -2.27. The van der Waals surface area contributed by atoms with Gasteiger partial charge in [0.1, 0.15) is 17.2 Å². The highest BCUT2D eigenvalue weighted by atomic mass is 16.5. The Bertz CT molecular complexity index is 973. The Morgan fingerprint density at radius 2 is 1.64 bits per heavy atom. The Morgan fingerprint density at radius 1 is 0.964 bits per heavy atom. The van der Waals surface area contributed by atoms with Crippen LogP contribution in [-0.2, 0) is 6.42 Å². The topological polar surface area (TPSA) is 113 Å². The predicted octanol–water partition coefficient (Wildman–Crippen LogP) is 2.16. The van der Waals surface area contributed by atoms with Gasteiger partial charge in [-0.1, -0.05) is 12.1 Å². The number of methoxy groups -OCH3 is 2. The summed E-state index contributed by atoms with van der Waals surface area (Å²) in [4.78, 5) is 26.5. The van der Waals surface area contributed by atoms with Crippen LogP contribution in [0.25, 0.3) is 0 Å². The van der Waals surface area contributed by atoms with Crippen molar-refractivity contribution < 1.29 is 34.4 Å². The number of aliphatic hydroxyl groups is 2. The Morgan fingerprint density at radius 3 is 2.18 bits per heavy atom. The van der Waals surface area contributed by atoms with Crippen molar-refractivity contribution in [3.63, 3.8) is 0 Å². The minimum absolute atomic E-state index is 0.00774. The molecule has 2 atom stereocenters. The van der Waals surface area contributed by atoms with E-state index < -0.39 is 29.5 Å². The van der Waals surface area contributed by atoms with Crippen LogP contribution < -0.4 is 9.47 Å². The van der Waals surface area contributed by atoms with Crippen molar-refractivity contribution in [3.8, 4) is 17.2 Å². The Labute approximate surface area is 162 Å². The van der Waals surface area contributed by atoms with Crippen molar-refractivity contribution in [2.24, 2.45) is 0 Å². The molecule has 0 bridgehead atoms. The minimum atomic E-state index is -1.11. The Balaban J connectivity index is 2.44. The van der Waals surface area contributed by atoms with Gasteiger partial charge in [0, 0.05) is 23.1 Å². The summed E-state index contributed by atoms with van der Waals surface area (Å²) in [7, 11) is 2.71. The minimum Gasteiger partial charge on any atom is -0.507 e. The highest BCUT2D eigenvalue weighted by Gasteiger charge is 2.40. The number of ether oxygens (including phenoxy) is 2. The highest BCUT2D eigenvalue weighted by Crippen LogP contribution is 2.47. The molecule has 1 aliphatic carbocycles. The summed E-state index contributed by atoms with van der Waals surface area (Å²) in [5.74, 6) is -1.29. The van der Waals surface area contributed by atoms with Gasteiger partial charge in [-0.05, 0) is 19.9 Å². The van der Waals surface area contributed by atoms with Gasteiger partial charge in [0.25, 0.3) is 0 Å². The number of aromatic hydroxyl groups is 1. The number of carbonyl (C=O) groups excluding carboxylic acids is 2. The SMILES string of the molecule is COc1cccc2c1C(=O)c1c(OC)c([C@H](C)O)c(C[C@@H](C)O)c(O)c1C2=O. The van der Waals surface area contributed by atoms with E-state index >= 15 is 0 Å². The summed E-state index contributed by atoms with van der Waals surface area (Å²) in [6.45, 7) is 2.98. The fourth-order valence-corrected chi connectivity index (χ4v) is 3.76. The summed E-state index contributed by atoms with van der Waals surface area (Å²) in [6.07, 6.45) is -1.99. The van der Waals surface area contributed by atoms with Gasteiger partial charge in [-0.2, -0.15) is 0 Å². The second-order valence-corrected chi connectivity index (χ2v) is 6.79. The molecule has 7 heteroatoms. The van der Waals surface area contributed by atoms with Crippen molar-refractivity contribution in [2.45, 2.75) is 32.5 Å². The van der Waals surface area contributed by atoms with Gasteiger partial charge in [-0.25, -0.2) is 0 Å². The van der Waals surface area contributed by atoms with Crippen LogP contribution in [-0.4, -0.2) is 47.2 Å². The Hall–Kier alpha value is -2.90. The number of phenols is 1. The van der Waals surface area contributed by atoms with Gasteiger partial charge in [0.15, 0.2) is 5.78 Å². The first-order chi connectivity index (χ1) is 13.2. The molecule has 0 amide bonds. The molecule has 0 saturated carbocycles. The third-order valence-electron chi connectivity index (χ3n) is 4.86. The average molecular weight is 386 g/mol. The summed E-state index contributed by atoms with van der Waals surface area (Å²) >= 11 is 0. The van der Waals surface area contributed by atoms with Gasteiger partial charge >= 0.3 is 0 Å². The summed E-state index contributed by atoms with van der Waals surface area (Å²) in [5, 5.41) is 31.0. The van der Waals surface area contributed by atoms with Gasteiger partial charge < -0.3 is 24.8 Å². The van der Waals surface area contributed by atoms with Gasteiger partial charge in [-0.15, -0.1) is 0 Å². The second kappa shape index (κ2) is 7.26. The van der Waals surface area contributed by atoms with E-state index in [2.05, 4.69) is 0 Å². The lowest BCUT2D eigenvalue weighted by molar-refractivity contribution is 0.0969. The molecule has 0 saturated heterocycles. The predicted molar refractivity (Wildman–Crippen MR) is 101 cm³/mol. The van der Waals surface area contributed by atoms with Crippen LogP contribution in [0.15, 0.2) is 18.2 Å². The molecule has 0 radical (unpaired) electrons. The molecule has 0 aromatic heterocycles. The van der Waals surface area contributed by atoms with Crippen LogP contribution >= 0.6 is 0 Å². The van der Waals surface area contributed by atoms with E-state index in [1.807, 2.05) is 0 Å². The van der Waals surface area contributed by atoms with E-state index in [1.165, 1.54) is 34.1 Å². The maximum absolute atomic E-state index is 13.3. The monoisotopic (exact) mass is 386 g/mol. The zero-order valence-corrected chi connectivity index (χ0v) is 16.1. The number of hydrogen-bond acceptors (Lipinski definition) is 7. The van der Waals surface area contributed by atoms with Crippen molar-refractivity contribution in [1.82, 2.24) is 0 Å². The van der Waals surface area contributed by atoms with Crippen molar-refractivity contribution in [1.29, 1.82) is 0 Å². The molecule has 1 aliphatic rings. The number of rotatable bonds is 5. The zero-order valence-electron chi connectivity index (χ0n) is 16.1. The fraction of sp³-hybridized carbons (Fsp3) is 0.333. The van der Waals surface area contributed by atoms with E-state index in [0.717, 1.165) is 0 Å². The molecule has 3 rings (SSSR count). The molecular formula is C21H22O7. The third-order valence-corrected chi connectivity index (χ3v) is 4.86. The number of phenolic OH excluding ortho intramolecular Hbond substituents is 1. The Kier molecular flexibility index (Phi) is 5.14. The van der Waals surface area contributed by atoms with E-state index in [0.29, 0.717) is 0 Å².